The largest absolute Gasteiger partial charge is 0.497 e. The van der Waals surface area contributed by atoms with Crippen LogP contribution in [0.25, 0.3) is 11.1 Å². The van der Waals surface area contributed by atoms with Crippen LogP contribution in [0.3, 0.4) is 0 Å². The van der Waals surface area contributed by atoms with Gasteiger partial charge in [0.2, 0.25) is 0 Å². The van der Waals surface area contributed by atoms with Crippen LogP contribution in [0.5, 0.6) is 11.5 Å². The van der Waals surface area contributed by atoms with Gasteiger partial charge in [-0.25, -0.2) is 0 Å². The molecule has 32 heavy (non-hydrogen) atoms. The van der Waals surface area contributed by atoms with Gasteiger partial charge in [0, 0.05) is 23.2 Å². The number of rotatable bonds is 8. The van der Waals surface area contributed by atoms with E-state index in [4.69, 9.17) is 14.6 Å². The van der Waals surface area contributed by atoms with Crippen LogP contribution in [0.4, 0.5) is 0 Å². The summed E-state index contributed by atoms with van der Waals surface area (Å²) in [6.45, 7) is 4.43. The molecule has 4 rings (SSSR count). The van der Waals surface area contributed by atoms with Gasteiger partial charge in [-0.2, -0.15) is 5.10 Å². The van der Waals surface area contributed by atoms with Gasteiger partial charge < -0.3 is 14.6 Å². The first-order chi connectivity index (χ1) is 15.4. The van der Waals surface area contributed by atoms with E-state index in [0.29, 0.717) is 6.54 Å². The molecular formula is C26H30N2O4. The molecule has 0 radical (unpaired) electrons. The summed E-state index contributed by atoms with van der Waals surface area (Å²) in [5, 5.41) is 13.7. The van der Waals surface area contributed by atoms with Crippen molar-refractivity contribution in [1.82, 2.24) is 9.78 Å². The number of ether oxygens (including phenoxy) is 2. The lowest BCUT2D eigenvalue weighted by atomic mass is 9.90. The van der Waals surface area contributed by atoms with E-state index in [0.717, 1.165) is 59.7 Å². The minimum absolute atomic E-state index is 0.0704. The first kappa shape index (κ1) is 21.9. The Morgan fingerprint density at radius 3 is 2.47 bits per heavy atom. The molecule has 0 spiro atoms. The molecule has 1 aliphatic carbocycles. The summed E-state index contributed by atoms with van der Waals surface area (Å²) in [6, 6.07) is 10.4. The van der Waals surface area contributed by atoms with Crippen LogP contribution in [0.2, 0.25) is 0 Å². The molecule has 1 N–H and O–H groups in total. The molecule has 0 saturated heterocycles. The number of aromatic nitrogens is 2. The van der Waals surface area contributed by atoms with E-state index in [1.807, 2.05) is 30.7 Å². The molecule has 1 heterocycles. The van der Waals surface area contributed by atoms with Gasteiger partial charge in [-0.15, -0.1) is 0 Å². The lowest BCUT2D eigenvalue weighted by molar-refractivity contribution is -0.137. The Bertz CT molecular complexity index is 1150. The van der Waals surface area contributed by atoms with E-state index in [9.17, 15) is 4.79 Å². The van der Waals surface area contributed by atoms with Crippen molar-refractivity contribution in [1.29, 1.82) is 0 Å². The molecule has 2 aromatic carbocycles. The molecule has 0 saturated carbocycles. The van der Waals surface area contributed by atoms with Crippen LogP contribution in [-0.2, 0) is 30.6 Å². The molecule has 0 atom stereocenters. The van der Waals surface area contributed by atoms with E-state index in [-0.39, 0.29) is 6.42 Å². The zero-order valence-electron chi connectivity index (χ0n) is 19.2. The van der Waals surface area contributed by atoms with Gasteiger partial charge in [-0.1, -0.05) is 12.1 Å². The van der Waals surface area contributed by atoms with Crippen molar-refractivity contribution in [2.24, 2.45) is 0 Å². The van der Waals surface area contributed by atoms with Crippen molar-refractivity contribution in [2.75, 3.05) is 14.2 Å². The van der Waals surface area contributed by atoms with Crippen molar-refractivity contribution in [3.63, 3.8) is 0 Å². The van der Waals surface area contributed by atoms with Gasteiger partial charge in [0.05, 0.1) is 32.9 Å². The molecule has 0 aliphatic heterocycles. The second kappa shape index (κ2) is 9.07. The third-order valence-electron chi connectivity index (χ3n) is 6.48. The molecule has 0 bridgehead atoms. The third-order valence-corrected chi connectivity index (χ3v) is 6.48. The fourth-order valence-corrected chi connectivity index (χ4v) is 4.81. The minimum Gasteiger partial charge on any atom is -0.497 e. The fourth-order valence-electron chi connectivity index (χ4n) is 4.81. The molecular weight excluding hydrogens is 404 g/mol. The summed E-state index contributed by atoms with van der Waals surface area (Å²) in [4.78, 5) is 11.0. The van der Waals surface area contributed by atoms with Crippen LogP contribution >= 0.6 is 0 Å². The SMILES string of the molecule is COc1ccc(-c2cc(Cc3c(C)nn(CCC(=O)O)c3C)c3c(c2OC)CCC3)cc1. The predicted octanol–water partition coefficient (Wildman–Crippen LogP) is 4.74. The van der Waals surface area contributed by atoms with Gasteiger partial charge in [0.15, 0.2) is 0 Å². The Labute approximate surface area is 188 Å². The highest BCUT2D eigenvalue weighted by atomic mass is 16.5. The zero-order valence-corrected chi connectivity index (χ0v) is 19.2. The van der Waals surface area contributed by atoms with Gasteiger partial charge >= 0.3 is 5.97 Å². The van der Waals surface area contributed by atoms with Crippen molar-refractivity contribution in [2.45, 2.75) is 52.5 Å². The molecule has 1 aliphatic rings. The zero-order chi connectivity index (χ0) is 22.8. The van der Waals surface area contributed by atoms with Crippen LogP contribution in [-0.4, -0.2) is 35.1 Å². The predicted molar refractivity (Wildman–Crippen MR) is 124 cm³/mol. The van der Waals surface area contributed by atoms with Crippen LogP contribution < -0.4 is 9.47 Å². The number of nitrogens with zero attached hydrogens (tertiary/aromatic N) is 2. The number of carboxylic acids is 1. The van der Waals surface area contributed by atoms with E-state index in [2.05, 4.69) is 23.3 Å². The summed E-state index contributed by atoms with van der Waals surface area (Å²) in [5.74, 6) is 0.988. The summed E-state index contributed by atoms with van der Waals surface area (Å²) >= 11 is 0. The average molecular weight is 435 g/mol. The molecule has 0 unspecified atom stereocenters. The van der Waals surface area contributed by atoms with Crippen LogP contribution in [0, 0.1) is 13.8 Å². The second-order valence-electron chi connectivity index (χ2n) is 8.35. The molecule has 6 heteroatoms. The molecule has 3 aromatic rings. The molecule has 6 nitrogen and oxygen atoms in total. The summed E-state index contributed by atoms with van der Waals surface area (Å²) < 4.78 is 13.1. The van der Waals surface area contributed by atoms with Crippen molar-refractivity contribution in [3.05, 3.63) is 64.0 Å². The Morgan fingerprint density at radius 1 is 1.09 bits per heavy atom. The number of benzene rings is 2. The number of aryl methyl sites for hydroxylation is 2. The van der Waals surface area contributed by atoms with Crippen molar-refractivity contribution in [3.8, 4) is 22.6 Å². The van der Waals surface area contributed by atoms with Gasteiger partial charge in [0.1, 0.15) is 11.5 Å². The van der Waals surface area contributed by atoms with E-state index < -0.39 is 5.97 Å². The number of aliphatic carboxylic acids is 1. The number of carboxylic acid groups (broad SMARTS) is 1. The summed E-state index contributed by atoms with van der Waals surface area (Å²) in [5.41, 5.74) is 9.37. The summed E-state index contributed by atoms with van der Waals surface area (Å²) in [7, 11) is 3.42. The smallest absolute Gasteiger partial charge is 0.305 e. The average Bonchev–Trinajstić information content (AvgIpc) is 3.38. The Hall–Kier alpha value is -3.28. The quantitative estimate of drug-likeness (QED) is 0.554. The molecule has 0 amide bonds. The minimum atomic E-state index is -0.809. The first-order valence-corrected chi connectivity index (χ1v) is 11.0. The fraction of sp³-hybridized carbons (Fsp3) is 0.385. The maximum atomic E-state index is 11.0. The number of fused-ring (bicyclic) bond motifs is 1. The van der Waals surface area contributed by atoms with Gasteiger partial charge in [-0.05, 0) is 73.6 Å². The Balaban J connectivity index is 1.77. The van der Waals surface area contributed by atoms with E-state index in [1.165, 1.54) is 22.3 Å². The number of hydrogen-bond donors (Lipinski definition) is 1. The summed E-state index contributed by atoms with van der Waals surface area (Å²) in [6.07, 6.45) is 4.04. The van der Waals surface area contributed by atoms with Gasteiger partial charge in [-0.3, -0.25) is 9.48 Å². The number of hydrogen-bond acceptors (Lipinski definition) is 4. The molecule has 0 fully saturated rings. The monoisotopic (exact) mass is 434 g/mol. The Kier molecular flexibility index (Phi) is 6.21. The van der Waals surface area contributed by atoms with Crippen LogP contribution in [0.15, 0.2) is 30.3 Å². The molecule has 1 aromatic heterocycles. The number of methoxy groups -OCH3 is 2. The number of carbonyl (C=O) groups is 1. The normalized spacial score (nSPS) is 12.6. The standard InChI is InChI=1S/C26H30N2O4/c1-16-23(17(2)28(27-16)13-12-25(29)30)14-19-15-24(18-8-10-20(31-3)11-9-18)26(32-4)22-7-5-6-21(19)22/h8-11,15H,5-7,12-14H2,1-4H3,(H,29,30). The van der Waals surface area contributed by atoms with E-state index >= 15 is 0 Å². The molecule has 168 valence electrons. The highest BCUT2D eigenvalue weighted by Crippen LogP contribution is 2.42. The third kappa shape index (κ3) is 4.09. The van der Waals surface area contributed by atoms with Gasteiger partial charge in [0.25, 0.3) is 0 Å². The van der Waals surface area contributed by atoms with Crippen molar-refractivity contribution >= 4 is 5.97 Å². The maximum Gasteiger partial charge on any atom is 0.305 e. The second-order valence-corrected chi connectivity index (χ2v) is 8.35. The maximum absolute atomic E-state index is 11.0. The highest BCUT2D eigenvalue weighted by molar-refractivity contribution is 5.76. The lowest BCUT2D eigenvalue weighted by Gasteiger charge is -2.18. The van der Waals surface area contributed by atoms with Crippen molar-refractivity contribution < 1.29 is 19.4 Å². The topological polar surface area (TPSA) is 73.6 Å². The lowest BCUT2D eigenvalue weighted by Crippen LogP contribution is -2.08. The van der Waals surface area contributed by atoms with E-state index in [1.54, 1.807) is 14.2 Å². The highest BCUT2D eigenvalue weighted by Gasteiger charge is 2.25. The first-order valence-electron chi connectivity index (χ1n) is 11.0. The van der Waals surface area contributed by atoms with Crippen LogP contribution in [0.1, 0.15) is 46.5 Å². The Morgan fingerprint density at radius 2 is 1.81 bits per heavy atom.